The number of halogens is 3. The molecule has 0 unspecified atom stereocenters. The highest BCUT2D eigenvalue weighted by Gasteiger charge is 2.42. The Morgan fingerprint density at radius 2 is 0.738 bits per heavy atom. The van der Waals surface area contributed by atoms with Gasteiger partial charge in [0.05, 0.1) is 5.25 Å². The molecule has 29 heteroatoms. The van der Waals surface area contributed by atoms with Gasteiger partial charge in [0.25, 0.3) is 20.4 Å². The topological polar surface area (TPSA) is 255 Å². The molecule has 8 heterocycles. The highest BCUT2D eigenvalue weighted by Crippen LogP contribution is 2.34. The molecule has 84 heavy (non-hydrogen) atoms. The number of nitrogens with zero attached hydrogens (tertiary/aromatic N) is 9. The fourth-order valence-electron chi connectivity index (χ4n) is 11.2. The third-order valence-corrected chi connectivity index (χ3v) is 23.1. The van der Waals surface area contributed by atoms with Gasteiger partial charge in [0.15, 0.2) is 5.75 Å². The predicted molar refractivity (Wildman–Crippen MR) is 326 cm³/mol. The van der Waals surface area contributed by atoms with Crippen molar-refractivity contribution in [2.45, 2.75) is 24.3 Å². The van der Waals surface area contributed by atoms with Gasteiger partial charge in [-0.3, -0.25) is 0 Å². The molecule has 22 nitrogen and oxygen atoms in total. The van der Waals surface area contributed by atoms with E-state index in [2.05, 4.69) is 71.0 Å². The van der Waals surface area contributed by atoms with Gasteiger partial charge in [-0.2, -0.15) is 51.5 Å². The highest BCUT2D eigenvalue weighted by atomic mass is 32.2. The first-order chi connectivity index (χ1) is 40.0. The van der Waals surface area contributed by atoms with Gasteiger partial charge in [-0.1, -0.05) is 24.3 Å². The minimum Gasteiger partial charge on any atom is -0.368 e. The Morgan fingerprint density at radius 3 is 1.02 bits per heavy atom. The first kappa shape index (κ1) is 60.7. The zero-order valence-corrected chi connectivity index (χ0v) is 50.0. The number of aromatic amines is 4. The molecule has 4 aliphatic heterocycles. The highest BCUT2D eigenvalue weighted by molar-refractivity contribution is 7.90. The van der Waals surface area contributed by atoms with Crippen LogP contribution in [0, 0.1) is 0 Å². The van der Waals surface area contributed by atoms with E-state index in [1.54, 1.807) is 22.7 Å². The first-order valence-electron chi connectivity index (χ1n) is 27.7. The maximum atomic E-state index is 12.4. The number of hydrogen-bond donors (Lipinski definition) is 5. The average molecular weight is 1240 g/mol. The summed E-state index contributed by atoms with van der Waals surface area (Å²) in [5.74, 6) is -1.80. The number of rotatable bonds is 11. The molecule has 4 aromatic heterocycles. The lowest BCUT2D eigenvalue weighted by atomic mass is 10.2. The fourth-order valence-corrected chi connectivity index (χ4v) is 16.1. The van der Waals surface area contributed by atoms with E-state index in [0.29, 0.717) is 78.5 Å². The van der Waals surface area contributed by atoms with Gasteiger partial charge in [0.2, 0.25) is 20.0 Å². The smallest absolute Gasteiger partial charge is 0.368 e. The molecule has 5 aliphatic rings. The Hall–Kier alpha value is -6.41. The minimum absolute atomic E-state index is 0.0548. The Balaban J connectivity index is 0.000000125. The van der Waals surface area contributed by atoms with E-state index >= 15 is 0 Å². The van der Waals surface area contributed by atoms with Crippen molar-refractivity contribution in [3.63, 3.8) is 0 Å². The number of nitrogens with two attached hydrogens (primary N) is 1. The van der Waals surface area contributed by atoms with Crippen molar-refractivity contribution in [3.05, 3.63) is 122 Å². The molecule has 13 rings (SSSR count). The second-order valence-electron chi connectivity index (χ2n) is 21.4. The first-order valence-corrected chi connectivity index (χ1v) is 33.7. The molecule has 0 amide bonds. The third-order valence-electron chi connectivity index (χ3n) is 15.8. The number of aromatic nitrogens is 4. The Labute approximate surface area is 488 Å². The van der Waals surface area contributed by atoms with Gasteiger partial charge >= 0.3 is 6.18 Å². The number of fused-ring (bicyclic) bond motifs is 4. The van der Waals surface area contributed by atoms with Crippen LogP contribution in [0.3, 0.4) is 0 Å². The zero-order valence-electron chi connectivity index (χ0n) is 46.7. The summed E-state index contributed by atoms with van der Waals surface area (Å²) in [7, 11) is -11.1. The van der Waals surface area contributed by atoms with E-state index in [9.17, 15) is 46.8 Å². The quantitative estimate of drug-likeness (QED) is 0.107. The van der Waals surface area contributed by atoms with Crippen molar-refractivity contribution in [3.8, 4) is 0 Å². The van der Waals surface area contributed by atoms with Crippen LogP contribution in [0.4, 0.5) is 35.9 Å². The molecule has 8 aromatic rings. The van der Waals surface area contributed by atoms with Gasteiger partial charge in [0.1, 0.15) is 0 Å². The molecule has 4 saturated heterocycles. The lowest BCUT2D eigenvalue weighted by Gasteiger charge is -2.36. The van der Waals surface area contributed by atoms with Gasteiger partial charge < -0.3 is 39.5 Å². The van der Waals surface area contributed by atoms with E-state index in [1.807, 2.05) is 90.4 Å². The summed E-state index contributed by atoms with van der Waals surface area (Å²) in [6.07, 6.45) is 4.57. The summed E-state index contributed by atoms with van der Waals surface area (Å²) in [5.41, 5.74) is 8.73. The molecule has 6 N–H and O–H groups in total. The van der Waals surface area contributed by atoms with Gasteiger partial charge in [-0.05, 0) is 85.6 Å². The number of H-pyrrole nitrogens is 4. The van der Waals surface area contributed by atoms with Crippen molar-refractivity contribution in [1.82, 2.24) is 41.5 Å². The second-order valence-corrected chi connectivity index (χ2v) is 29.2. The summed E-state index contributed by atoms with van der Waals surface area (Å²) in [6, 6.07) is 32.3. The van der Waals surface area contributed by atoms with Crippen LogP contribution in [0.15, 0.2) is 122 Å². The van der Waals surface area contributed by atoms with Crippen LogP contribution in [0.5, 0.6) is 0 Å². The summed E-state index contributed by atoms with van der Waals surface area (Å²) in [6.45, 7) is 8.16. The van der Waals surface area contributed by atoms with E-state index < -0.39 is 52.4 Å². The summed E-state index contributed by atoms with van der Waals surface area (Å²) >= 11 is 0. The van der Waals surface area contributed by atoms with Crippen LogP contribution in [0.1, 0.15) is 12.8 Å². The molecule has 0 spiro atoms. The van der Waals surface area contributed by atoms with Crippen LogP contribution in [-0.4, -0.2) is 211 Å². The molecule has 1 aliphatic carbocycles. The SMILES string of the molecule is CN(C)S(=O)(=O)N1CCN(c2cccc3[nH]ccc23)CC1.NS(=O)(=O)N1CCN(c2cccc3[nH]ccc23)CC1.O=S(=O)(C1CC1)N1CCN(c2cccc3[nH]ccc23)CC1.O=S(=O)(CC(F)(F)F)N1CCN(c2cccc3[nH]ccc23)CC1. The largest absolute Gasteiger partial charge is 0.404 e. The van der Waals surface area contributed by atoms with Crippen molar-refractivity contribution in [1.29, 1.82) is 0 Å². The molecule has 0 radical (unpaired) electrons. The standard InChI is InChI=1S/C15H19N3O2S.C14H16F3N3O2S.C14H20N4O2S.C12H16N4O2S/c19-21(20,12-4-5-12)18-10-8-17(9-11-18)15-3-1-2-14-13(15)6-7-16-14;15-14(16,17)10-23(21,22)20-8-6-19(7-9-20)13-3-1-2-12-11(13)4-5-18-12;1-16(2)21(19,20)18-10-8-17(9-11-18)14-5-3-4-13-12(14)6-7-15-13;13-19(17,18)16-8-6-15(7-9-16)12-3-1-2-11-10(12)4-5-14-11/h1-3,6-7,12,16H,4-5,8-11H2;1-5,18H,6-10H2;3-7,15H,8-11H2,1-2H3;1-5,14H,6-9H2,(H2,13,17,18). The summed E-state index contributed by atoms with van der Waals surface area (Å²) in [5, 5.41) is 9.60. The maximum absolute atomic E-state index is 12.4. The Morgan fingerprint density at radius 1 is 0.440 bits per heavy atom. The lowest BCUT2D eigenvalue weighted by Crippen LogP contribution is -2.51. The number of hydrogen-bond acceptors (Lipinski definition) is 12. The number of alkyl halides is 3. The van der Waals surface area contributed by atoms with Crippen LogP contribution >= 0.6 is 0 Å². The molecule has 4 aromatic carbocycles. The van der Waals surface area contributed by atoms with Gasteiger partial charge in [-0.15, -0.1) is 0 Å². The predicted octanol–water partition coefficient (Wildman–Crippen LogP) is 5.55. The summed E-state index contributed by atoms with van der Waals surface area (Å²) < 4.78 is 139. The lowest BCUT2D eigenvalue weighted by molar-refractivity contribution is -0.107. The third kappa shape index (κ3) is 13.8. The Bertz CT molecular complexity index is 3890. The van der Waals surface area contributed by atoms with Crippen molar-refractivity contribution >= 4 is 107 Å². The number of anilines is 4. The molecular formula is C55H71F3N14O8S4. The van der Waals surface area contributed by atoms with Gasteiger partial charge in [0, 0.05) is 210 Å². The fraction of sp³-hybridized carbons (Fsp3) is 0.418. The van der Waals surface area contributed by atoms with Crippen LogP contribution in [-0.2, 0) is 40.5 Å². The number of benzene rings is 4. The van der Waals surface area contributed by atoms with Crippen LogP contribution < -0.4 is 24.7 Å². The van der Waals surface area contributed by atoms with Crippen molar-refractivity contribution in [2.24, 2.45) is 5.14 Å². The van der Waals surface area contributed by atoms with Crippen LogP contribution in [0.2, 0.25) is 0 Å². The molecule has 1 saturated carbocycles. The summed E-state index contributed by atoms with van der Waals surface area (Å²) in [4.78, 5) is 21.4. The number of sulfonamides is 2. The number of piperazine rings is 4. The van der Waals surface area contributed by atoms with Crippen LogP contribution in [0.25, 0.3) is 43.6 Å². The van der Waals surface area contributed by atoms with E-state index in [0.717, 1.165) is 80.1 Å². The molecule has 5 fully saturated rings. The molecular weight excluding hydrogens is 1170 g/mol. The normalized spacial score (nSPS) is 18.7. The Kier molecular flexibility index (Phi) is 18.0. The van der Waals surface area contributed by atoms with Gasteiger partial charge in [-0.25, -0.2) is 22.0 Å². The second kappa shape index (κ2) is 24.9. The van der Waals surface area contributed by atoms with E-state index in [4.69, 9.17) is 5.14 Å². The molecule has 454 valence electrons. The van der Waals surface area contributed by atoms with E-state index in [-0.39, 0.29) is 18.3 Å². The maximum Gasteiger partial charge on any atom is 0.404 e. The molecule has 0 atom stereocenters. The minimum atomic E-state index is -4.72. The zero-order chi connectivity index (χ0) is 59.6. The monoisotopic (exact) mass is 1240 g/mol. The van der Waals surface area contributed by atoms with Crippen molar-refractivity contribution in [2.75, 3.05) is 144 Å². The van der Waals surface area contributed by atoms with Crippen molar-refractivity contribution < 1.29 is 46.8 Å². The molecule has 0 bridgehead atoms. The number of nitrogens with one attached hydrogen (secondary N) is 4. The van der Waals surface area contributed by atoms with E-state index in [1.165, 1.54) is 25.1 Å². The average Bonchev–Trinajstić information content (AvgIpc) is 3.17.